The highest BCUT2D eigenvalue weighted by Crippen LogP contribution is 2.35. The molecule has 8 aromatic heterocycles. The van der Waals surface area contributed by atoms with Gasteiger partial charge in [-0.15, -0.1) is 0 Å². The molecule has 0 amide bonds. The van der Waals surface area contributed by atoms with Crippen molar-refractivity contribution in [3.05, 3.63) is 122 Å². The minimum Gasteiger partial charge on any atom is -0.262 e. The Balaban J connectivity index is 1.37. The van der Waals surface area contributed by atoms with Crippen molar-refractivity contribution < 1.29 is 0 Å². The number of fused-ring (bicyclic) bond motifs is 9. The molecule has 0 unspecified atom stereocenters. The van der Waals surface area contributed by atoms with Crippen LogP contribution in [0.1, 0.15) is 0 Å². The molecule has 0 spiro atoms. The van der Waals surface area contributed by atoms with Gasteiger partial charge in [0.05, 0.1) is 16.6 Å². The Morgan fingerprint density at radius 1 is 0.413 bits per heavy atom. The molecule has 10 heteroatoms. The molecule has 0 saturated carbocycles. The molecule has 10 nitrogen and oxygen atoms in total. The number of aromatic nitrogens is 10. The van der Waals surface area contributed by atoms with E-state index >= 15 is 0 Å². The average Bonchev–Trinajstić information content (AvgIpc) is 3.64. The van der Waals surface area contributed by atoms with Gasteiger partial charge in [-0.2, -0.15) is 15.0 Å². The number of para-hydroxylation sites is 1. The Morgan fingerprint density at radius 2 is 0.935 bits per heavy atom. The highest BCUT2D eigenvalue weighted by molar-refractivity contribution is 6.10. The van der Waals surface area contributed by atoms with Gasteiger partial charge in [0.1, 0.15) is 16.9 Å². The van der Waals surface area contributed by atoms with E-state index in [0.29, 0.717) is 29.0 Å². The van der Waals surface area contributed by atoms with E-state index in [4.69, 9.17) is 34.9 Å². The van der Waals surface area contributed by atoms with Crippen molar-refractivity contribution in [1.29, 1.82) is 0 Å². The number of nitrogens with zero attached hydrogens (tertiary/aromatic N) is 10. The van der Waals surface area contributed by atoms with Gasteiger partial charge in [0, 0.05) is 68.9 Å². The van der Waals surface area contributed by atoms with Crippen LogP contribution in [0, 0.1) is 0 Å². The second kappa shape index (κ2) is 9.41. The van der Waals surface area contributed by atoms with Crippen molar-refractivity contribution in [1.82, 2.24) is 49.0 Å². The molecule has 0 radical (unpaired) electrons. The second-order valence-corrected chi connectivity index (χ2v) is 11.0. The summed E-state index contributed by atoms with van der Waals surface area (Å²) in [5.41, 5.74) is 5.50. The maximum absolute atomic E-state index is 5.17. The van der Waals surface area contributed by atoms with Gasteiger partial charge in [0.25, 0.3) is 0 Å². The Morgan fingerprint density at radius 3 is 1.65 bits per heavy atom. The summed E-state index contributed by atoms with van der Waals surface area (Å²) in [6, 6.07) is 30.1. The summed E-state index contributed by atoms with van der Waals surface area (Å²) in [6.07, 6.45) is 8.90. The van der Waals surface area contributed by atoms with E-state index in [1.165, 1.54) is 0 Å². The molecule has 0 aliphatic rings. The number of hydrogen-bond acceptors (Lipinski definition) is 8. The Kier molecular flexibility index (Phi) is 5.06. The fraction of sp³-hybridized carbons (Fsp3) is 0. The van der Waals surface area contributed by atoms with Crippen LogP contribution in [0.25, 0.3) is 89.1 Å². The normalized spacial score (nSPS) is 11.9. The van der Waals surface area contributed by atoms with E-state index in [1.54, 1.807) is 31.0 Å². The van der Waals surface area contributed by atoms with Crippen LogP contribution in [0.2, 0.25) is 0 Å². The Labute approximate surface area is 259 Å². The molecule has 46 heavy (non-hydrogen) atoms. The third kappa shape index (κ3) is 3.46. The minimum atomic E-state index is 0.391. The molecular weight excluding hydrogens is 572 g/mol. The summed E-state index contributed by atoms with van der Waals surface area (Å²) in [7, 11) is 0. The summed E-state index contributed by atoms with van der Waals surface area (Å²) in [5, 5.41) is 5.80. The Hall–Kier alpha value is -6.68. The smallest absolute Gasteiger partial charge is 0.242 e. The summed E-state index contributed by atoms with van der Waals surface area (Å²) < 4.78 is 3.90. The molecule has 0 aliphatic heterocycles. The predicted octanol–water partition coefficient (Wildman–Crippen LogP) is 7.01. The minimum absolute atomic E-state index is 0.391. The number of hydrogen-bond donors (Lipinski definition) is 0. The second-order valence-electron chi connectivity index (χ2n) is 11.0. The first kappa shape index (κ1) is 24.7. The van der Waals surface area contributed by atoms with Crippen LogP contribution in [0.3, 0.4) is 0 Å². The molecule has 8 heterocycles. The van der Waals surface area contributed by atoms with Crippen LogP contribution in [0.5, 0.6) is 0 Å². The van der Waals surface area contributed by atoms with Gasteiger partial charge in [-0.05, 0) is 60.7 Å². The van der Waals surface area contributed by atoms with E-state index in [2.05, 4.69) is 29.2 Å². The molecule has 10 rings (SSSR count). The van der Waals surface area contributed by atoms with Crippen LogP contribution < -0.4 is 0 Å². The van der Waals surface area contributed by atoms with E-state index in [9.17, 15) is 0 Å². The van der Waals surface area contributed by atoms with Crippen molar-refractivity contribution in [2.24, 2.45) is 0 Å². The topological polar surface area (TPSA) is 113 Å². The summed E-state index contributed by atoms with van der Waals surface area (Å²) in [6.45, 7) is 0. The SMILES string of the molecule is c1cnc2c(c1)cc(-c1nc(-n3c4ccccc4c4cccnc43)nc(-n3c4ncccc4c4cccnc43)n1)c1cccnc12. The molecular formula is C36H20N10. The molecule has 0 fully saturated rings. The lowest BCUT2D eigenvalue weighted by Crippen LogP contribution is -2.11. The number of rotatable bonds is 3. The van der Waals surface area contributed by atoms with E-state index in [0.717, 1.165) is 60.1 Å². The van der Waals surface area contributed by atoms with Gasteiger partial charge in [0.2, 0.25) is 11.9 Å². The van der Waals surface area contributed by atoms with Crippen molar-refractivity contribution in [2.75, 3.05) is 0 Å². The number of benzene rings is 2. The third-order valence-corrected chi connectivity index (χ3v) is 8.43. The van der Waals surface area contributed by atoms with Gasteiger partial charge < -0.3 is 0 Å². The fourth-order valence-corrected chi connectivity index (χ4v) is 6.49. The number of pyridine rings is 5. The van der Waals surface area contributed by atoms with Crippen LogP contribution in [-0.2, 0) is 0 Å². The van der Waals surface area contributed by atoms with Crippen molar-refractivity contribution in [3.8, 4) is 23.3 Å². The molecule has 2 aromatic carbocycles. The first-order valence-corrected chi connectivity index (χ1v) is 14.8. The highest BCUT2D eigenvalue weighted by Gasteiger charge is 2.23. The highest BCUT2D eigenvalue weighted by atomic mass is 15.3. The maximum atomic E-state index is 5.17. The van der Waals surface area contributed by atoms with Crippen molar-refractivity contribution >= 4 is 65.8 Å². The molecule has 0 bridgehead atoms. The van der Waals surface area contributed by atoms with E-state index in [1.807, 2.05) is 75.9 Å². The molecule has 10 aromatic rings. The quantitative estimate of drug-likeness (QED) is 0.201. The van der Waals surface area contributed by atoms with Gasteiger partial charge >= 0.3 is 0 Å². The lowest BCUT2D eigenvalue weighted by atomic mass is 10.0. The first-order valence-electron chi connectivity index (χ1n) is 14.8. The molecule has 0 N–H and O–H groups in total. The zero-order valence-electron chi connectivity index (χ0n) is 24.0. The lowest BCUT2D eigenvalue weighted by Gasteiger charge is -2.13. The third-order valence-electron chi connectivity index (χ3n) is 8.43. The molecule has 0 aliphatic carbocycles. The van der Waals surface area contributed by atoms with E-state index in [-0.39, 0.29) is 0 Å². The molecule has 0 atom stereocenters. The van der Waals surface area contributed by atoms with Gasteiger partial charge in [-0.25, -0.2) is 19.5 Å². The zero-order valence-corrected chi connectivity index (χ0v) is 24.0. The van der Waals surface area contributed by atoms with Gasteiger partial charge in [0.15, 0.2) is 5.82 Å². The van der Waals surface area contributed by atoms with Crippen LogP contribution in [-0.4, -0.2) is 49.0 Å². The van der Waals surface area contributed by atoms with Gasteiger partial charge in [-0.1, -0.05) is 30.3 Å². The molecule has 214 valence electrons. The maximum Gasteiger partial charge on any atom is 0.242 e. The average molecular weight is 593 g/mol. The molecule has 0 saturated heterocycles. The Bertz CT molecular complexity index is 2600. The standard InChI is InChI=1S/C36H20N10/c1-2-14-28-22(9-1)24-11-5-17-39-32(24)45(28)35-42-31(27-20-21-8-3-15-37-29(21)30-23(27)10-4-16-38-30)43-36(44-35)46-33-25(12-6-18-40-33)26-13-7-19-41-34(26)46/h1-20H. The first-order chi connectivity index (χ1) is 22.8. The van der Waals surface area contributed by atoms with Crippen LogP contribution >= 0.6 is 0 Å². The van der Waals surface area contributed by atoms with Crippen LogP contribution in [0.4, 0.5) is 0 Å². The lowest BCUT2D eigenvalue weighted by molar-refractivity contribution is 0.880. The van der Waals surface area contributed by atoms with Crippen molar-refractivity contribution in [2.45, 2.75) is 0 Å². The predicted molar refractivity (Wildman–Crippen MR) is 178 cm³/mol. The monoisotopic (exact) mass is 592 g/mol. The zero-order chi connectivity index (χ0) is 30.2. The summed E-state index contributed by atoms with van der Waals surface area (Å²) >= 11 is 0. The fourth-order valence-electron chi connectivity index (χ4n) is 6.49. The summed E-state index contributed by atoms with van der Waals surface area (Å²) in [4.78, 5) is 39.2. The largest absolute Gasteiger partial charge is 0.262 e. The summed E-state index contributed by atoms with van der Waals surface area (Å²) in [5.74, 6) is 1.30. The van der Waals surface area contributed by atoms with Crippen LogP contribution in [0.15, 0.2) is 122 Å². The van der Waals surface area contributed by atoms with Crippen molar-refractivity contribution in [3.63, 3.8) is 0 Å². The van der Waals surface area contributed by atoms with E-state index < -0.39 is 0 Å². The van der Waals surface area contributed by atoms with Gasteiger partial charge in [-0.3, -0.25) is 14.5 Å².